The fourth-order valence-corrected chi connectivity index (χ4v) is 2.30. The maximum atomic E-state index is 6.05. The topological polar surface area (TPSA) is 43.8 Å². The van der Waals surface area contributed by atoms with E-state index in [0.717, 1.165) is 22.3 Å². The van der Waals surface area contributed by atoms with Gasteiger partial charge in [0.05, 0.1) is 16.7 Å². The van der Waals surface area contributed by atoms with Crippen molar-refractivity contribution in [2.75, 3.05) is 5.73 Å². The minimum atomic E-state index is 0.474. The van der Waals surface area contributed by atoms with Crippen molar-refractivity contribution in [1.82, 2.24) is 9.55 Å². The zero-order valence-electron chi connectivity index (χ0n) is 9.89. The molecule has 4 heteroatoms. The van der Waals surface area contributed by atoms with Crippen molar-refractivity contribution in [3.63, 3.8) is 0 Å². The molecule has 3 aromatic rings. The molecule has 0 saturated carbocycles. The van der Waals surface area contributed by atoms with Gasteiger partial charge in [0.15, 0.2) is 0 Å². The number of nitrogens with zero attached hydrogens (tertiary/aromatic N) is 2. The molecule has 1 heterocycles. The van der Waals surface area contributed by atoms with Gasteiger partial charge in [-0.15, -0.1) is 0 Å². The van der Waals surface area contributed by atoms with E-state index >= 15 is 0 Å². The maximum absolute atomic E-state index is 6.05. The number of fused-ring (bicyclic) bond motifs is 1. The second kappa shape index (κ2) is 4.03. The molecule has 0 fully saturated rings. The van der Waals surface area contributed by atoms with Gasteiger partial charge in [-0.1, -0.05) is 29.8 Å². The van der Waals surface area contributed by atoms with Gasteiger partial charge in [-0.2, -0.15) is 0 Å². The van der Waals surface area contributed by atoms with Crippen molar-refractivity contribution in [2.45, 2.75) is 6.92 Å². The molecule has 0 saturated heterocycles. The van der Waals surface area contributed by atoms with Gasteiger partial charge in [-0.05, 0) is 36.8 Å². The summed E-state index contributed by atoms with van der Waals surface area (Å²) in [5, 5.41) is 0.678. The van der Waals surface area contributed by atoms with Gasteiger partial charge < -0.3 is 5.73 Å². The minimum absolute atomic E-state index is 0.474. The lowest BCUT2D eigenvalue weighted by Gasteiger charge is -2.09. The Morgan fingerprint density at radius 3 is 2.72 bits per heavy atom. The lowest BCUT2D eigenvalue weighted by molar-refractivity contribution is 1.09. The van der Waals surface area contributed by atoms with Gasteiger partial charge in [0.2, 0.25) is 5.95 Å². The second-order valence-corrected chi connectivity index (χ2v) is 4.66. The Morgan fingerprint density at radius 1 is 1.17 bits per heavy atom. The molecule has 2 aromatic carbocycles. The van der Waals surface area contributed by atoms with E-state index in [9.17, 15) is 0 Å². The Balaban J connectivity index is 2.38. The van der Waals surface area contributed by atoms with E-state index in [1.165, 1.54) is 0 Å². The van der Waals surface area contributed by atoms with E-state index in [1.807, 2.05) is 54.0 Å². The first-order valence-electron chi connectivity index (χ1n) is 5.66. The third kappa shape index (κ3) is 1.64. The van der Waals surface area contributed by atoms with Crippen molar-refractivity contribution >= 4 is 28.6 Å². The fourth-order valence-electron chi connectivity index (χ4n) is 2.13. The van der Waals surface area contributed by atoms with Crippen LogP contribution in [-0.4, -0.2) is 9.55 Å². The van der Waals surface area contributed by atoms with Gasteiger partial charge in [0.25, 0.3) is 0 Å². The number of benzene rings is 2. The van der Waals surface area contributed by atoms with E-state index in [2.05, 4.69) is 4.98 Å². The first kappa shape index (κ1) is 11.1. The quantitative estimate of drug-likeness (QED) is 0.724. The van der Waals surface area contributed by atoms with E-state index in [-0.39, 0.29) is 0 Å². The summed E-state index contributed by atoms with van der Waals surface area (Å²) in [6.45, 7) is 2.05. The molecule has 0 amide bonds. The highest BCUT2D eigenvalue weighted by Crippen LogP contribution is 2.26. The Morgan fingerprint density at radius 2 is 1.94 bits per heavy atom. The summed E-state index contributed by atoms with van der Waals surface area (Å²) in [7, 11) is 0. The third-order valence-electron chi connectivity index (χ3n) is 3.00. The van der Waals surface area contributed by atoms with Crippen LogP contribution in [0.25, 0.3) is 16.7 Å². The van der Waals surface area contributed by atoms with Crippen LogP contribution < -0.4 is 5.73 Å². The summed E-state index contributed by atoms with van der Waals surface area (Å²) < 4.78 is 1.93. The summed E-state index contributed by atoms with van der Waals surface area (Å²) in [6, 6.07) is 13.6. The largest absolute Gasteiger partial charge is 0.369 e. The average Bonchev–Trinajstić information content (AvgIpc) is 2.66. The fraction of sp³-hybridized carbons (Fsp3) is 0.0714. The summed E-state index contributed by atoms with van der Waals surface area (Å²) >= 11 is 6.05. The van der Waals surface area contributed by atoms with Gasteiger partial charge in [0, 0.05) is 5.02 Å². The van der Waals surface area contributed by atoms with Crippen LogP contribution in [0.2, 0.25) is 5.02 Å². The molecule has 2 N–H and O–H groups in total. The molecule has 18 heavy (non-hydrogen) atoms. The number of aromatic nitrogens is 2. The molecule has 0 spiro atoms. The Labute approximate surface area is 110 Å². The highest BCUT2D eigenvalue weighted by atomic mass is 35.5. The third-order valence-corrected chi connectivity index (χ3v) is 3.23. The van der Waals surface area contributed by atoms with E-state index in [1.54, 1.807) is 0 Å². The molecule has 0 aliphatic rings. The summed E-state index contributed by atoms with van der Waals surface area (Å²) in [5.41, 5.74) is 9.96. The molecule has 0 aliphatic carbocycles. The van der Waals surface area contributed by atoms with Gasteiger partial charge in [-0.25, -0.2) is 4.98 Å². The molecule has 0 aliphatic heterocycles. The highest BCUT2D eigenvalue weighted by molar-refractivity contribution is 6.31. The van der Waals surface area contributed by atoms with Crippen molar-refractivity contribution in [3.05, 3.63) is 53.1 Å². The smallest absolute Gasteiger partial charge is 0.205 e. The number of aryl methyl sites for hydroxylation is 1. The van der Waals surface area contributed by atoms with E-state index < -0.39 is 0 Å². The number of nitrogen functional groups attached to an aromatic ring is 1. The molecule has 3 rings (SSSR count). The van der Waals surface area contributed by atoms with Crippen molar-refractivity contribution in [3.8, 4) is 5.69 Å². The van der Waals surface area contributed by atoms with Crippen LogP contribution in [0.5, 0.6) is 0 Å². The van der Waals surface area contributed by atoms with Gasteiger partial charge in [-0.3, -0.25) is 4.57 Å². The Hall–Kier alpha value is -2.00. The number of hydrogen-bond acceptors (Lipinski definition) is 2. The molecule has 90 valence electrons. The number of rotatable bonds is 1. The van der Waals surface area contributed by atoms with E-state index in [4.69, 9.17) is 17.3 Å². The molecule has 0 bridgehead atoms. The van der Waals surface area contributed by atoms with Crippen LogP contribution in [0.1, 0.15) is 5.56 Å². The van der Waals surface area contributed by atoms with Crippen LogP contribution in [0, 0.1) is 6.92 Å². The Kier molecular flexibility index (Phi) is 2.49. The molecular weight excluding hydrogens is 246 g/mol. The highest BCUT2D eigenvalue weighted by Gasteiger charge is 2.11. The molecule has 0 radical (unpaired) electrons. The van der Waals surface area contributed by atoms with Crippen LogP contribution in [0.3, 0.4) is 0 Å². The van der Waals surface area contributed by atoms with Crippen molar-refractivity contribution in [2.24, 2.45) is 0 Å². The van der Waals surface area contributed by atoms with Crippen molar-refractivity contribution < 1.29 is 0 Å². The van der Waals surface area contributed by atoms with E-state index in [0.29, 0.717) is 11.0 Å². The Bertz CT molecular complexity index is 731. The monoisotopic (exact) mass is 257 g/mol. The number of nitrogens with two attached hydrogens (primary N) is 1. The summed E-state index contributed by atoms with van der Waals surface area (Å²) in [4.78, 5) is 4.35. The average molecular weight is 258 g/mol. The summed E-state index contributed by atoms with van der Waals surface area (Å²) in [5.74, 6) is 0.474. The number of para-hydroxylation sites is 1. The molecule has 3 nitrogen and oxygen atoms in total. The number of imidazole rings is 1. The first-order chi connectivity index (χ1) is 8.66. The van der Waals surface area contributed by atoms with Crippen LogP contribution in [-0.2, 0) is 0 Å². The SMILES string of the molecule is Cc1ccccc1-n1c(N)nc2ccc(Cl)cc21. The molecular formula is C14H12ClN3. The number of anilines is 1. The molecule has 1 aromatic heterocycles. The minimum Gasteiger partial charge on any atom is -0.369 e. The zero-order valence-corrected chi connectivity index (χ0v) is 10.6. The van der Waals surface area contributed by atoms with Crippen LogP contribution in [0.15, 0.2) is 42.5 Å². The lowest BCUT2D eigenvalue weighted by atomic mass is 10.2. The van der Waals surface area contributed by atoms with Gasteiger partial charge >= 0.3 is 0 Å². The van der Waals surface area contributed by atoms with Crippen molar-refractivity contribution in [1.29, 1.82) is 0 Å². The first-order valence-corrected chi connectivity index (χ1v) is 6.04. The second-order valence-electron chi connectivity index (χ2n) is 4.22. The number of halogens is 1. The number of hydrogen-bond donors (Lipinski definition) is 1. The lowest BCUT2D eigenvalue weighted by Crippen LogP contribution is -2.02. The maximum Gasteiger partial charge on any atom is 0.205 e. The van der Waals surface area contributed by atoms with Gasteiger partial charge in [0.1, 0.15) is 0 Å². The normalized spacial score (nSPS) is 11.0. The predicted molar refractivity (Wildman–Crippen MR) is 75.2 cm³/mol. The predicted octanol–water partition coefficient (Wildman–Crippen LogP) is 3.57. The zero-order chi connectivity index (χ0) is 12.7. The van der Waals surface area contributed by atoms with Crippen LogP contribution >= 0.6 is 11.6 Å². The molecule has 0 unspecified atom stereocenters. The standard InChI is InChI=1S/C14H12ClN3/c1-9-4-2-3-5-12(9)18-13-8-10(15)6-7-11(13)17-14(18)16/h2-8H,1H3,(H2,16,17). The van der Waals surface area contributed by atoms with Crippen LogP contribution in [0.4, 0.5) is 5.95 Å². The summed E-state index contributed by atoms with van der Waals surface area (Å²) in [6.07, 6.45) is 0. The molecule has 0 atom stereocenters.